The molecule has 114 valence electrons. The highest BCUT2D eigenvalue weighted by Crippen LogP contribution is 2.24. The van der Waals surface area contributed by atoms with Crippen LogP contribution in [0.2, 0.25) is 0 Å². The molecule has 0 saturated heterocycles. The van der Waals surface area contributed by atoms with E-state index < -0.39 is 0 Å². The van der Waals surface area contributed by atoms with Crippen molar-refractivity contribution in [3.63, 3.8) is 0 Å². The summed E-state index contributed by atoms with van der Waals surface area (Å²) in [4.78, 5) is 6.85. The van der Waals surface area contributed by atoms with E-state index in [0.29, 0.717) is 18.0 Å². The van der Waals surface area contributed by atoms with Gasteiger partial charge in [-0.15, -0.1) is 0 Å². The average Bonchev–Trinajstić information content (AvgIpc) is 3.18. The molecule has 6 heteroatoms. The van der Waals surface area contributed by atoms with Gasteiger partial charge in [0, 0.05) is 17.5 Å². The van der Waals surface area contributed by atoms with E-state index in [0.717, 1.165) is 17.9 Å². The molecule has 1 saturated carbocycles. The van der Waals surface area contributed by atoms with Crippen molar-refractivity contribution in [3.8, 4) is 11.5 Å². The molecular formula is C15H22N4OS. The summed E-state index contributed by atoms with van der Waals surface area (Å²) in [5.41, 5.74) is 1.01. The lowest BCUT2D eigenvalue weighted by atomic mass is 9.90. The van der Waals surface area contributed by atoms with Crippen LogP contribution in [-0.4, -0.2) is 41.2 Å². The molecule has 0 amide bonds. The van der Waals surface area contributed by atoms with Crippen molar-refractivity contribution in [3.05, 3.63) is 22.7 Å². The van der Waals surface area contributed by atoms with Crippen LogP contribution in [0.25, 0.3) is 11.5 Å². The van der Waals surface area contributed by atoms with Crippen molar-refractivity contribution in [2.75, 3.05) is 14.1 Å². The number of thiophene rings is 1. The van der Waals surface area contributed by atoms with Gasteiger partial charge in [-0.3, -0.25) is 4.90 Å². The van der Waals surface area contributed by atoms with E-state index in [4.69, 9.17) is 4.52 Å². The predicted molar refractivity (Wildman–Crippen MR) is 84.2 cm³/mol. The number of rotatable bonds is 5. The second-order valence-corrected chi connectivity index (χ2v) is 6.52. The summed E-state index contributed by atoms with van der Waals surface area (Å²) >= 11 is 1.64. The Morgan fingerprint density at radius 3 is 2.86 bits per heavy atom. The lowest BCUT2D eigenvalue weighted by Crippen LogP contribution is -2.39. The largest absolute Gasteiger partial charge is 0.334 e. The van der Waals surface area contributed by atoms with Crippen molar-refractivity contribution in [1.82, 2.24) is 20.4 Å². The van der Waals surface area contributed by atoms with Crippen molar-refractivity contribution in [2.24, 2.45) is 0 Å². The molecule has 2 heterocycles. The monoisotopic (exact) mass is 306 g/mol. The van der Waals surface area contributed by atoms with E-state index in [1.54, 1.807) is 11.3 Å². The molecule has 2 aromatic rings. The van der Waals surface area contributed by atoms with Gasteiger partial charge in [0.15, 0.2) is 5.82 Å². The molecule has 0 aliphatic heterocycles. The van der Waals surface area contributed by atoms with Gasteiger partial charge >= 0.3 is 0 Å². The minimum atomic E-state index is 0.623. The van der Waals surface area contributed by atoms with Gasteiger partial charge in [0.1, 0.15) is 0 Å². The highest BCUT2D eigenvalue weighted by molar-refractivity contribution is 7.08. The molecule has 1 aliphatic rings. The molecule has 0 spiro atoms. The third-order valence-corrected chi connectivity index (χ3v) is 5.04. The van der Waals surface area contributed by atoms with Crippen LogP contribution in [0.4, 0.5) is 0 Å². The summed E-state index contributed by atoms with van der Waals surface area (Å²) < 4.78 is 5.34. The van der Waals surface area contributed by atoms with E-state index in [1.165, 1.54) is 25.7 Å². The summed E-state index contributed by atoms with van der Waals surface area (Å²) in [7, 11) is 4.21. The maximum atomic E-state index is 5.34. The van der Waals surface area contributed by atoms with E-state index in [-0.39, 0.29) is 0 Å². The van der Waals surface area contributed by atoms with E-state index in [9.17, 15) is 0 Å². The Bertz CT molecular complexity index is 546. The lowest BCUT2D eigenvalue weighted by molar-refractivity contribution is 0.165. The Morgan fingerprint density at radius 1 is 1.38 bits per heavy atom. The van der Waals surface area contributed by atoms with Crippen LogP contribution in [0, 0.1) is 0 Å². The number of nitrogens with zero attached hydrogens (tertiary/aromatic N) is 3. The molecule has 3 rings (SSSR count). The Morgan fingerprint density at radius 2 is 2.19 bits per heavy atom. The fourth-order valence-electron chi connectivity index (χ4n) is 2.98. The lowest BCUT2D eigenvalue weighted by Gasteiger charge is -2.33. The molecule has 2 aromatic heterocycles. The van der Waals surface area contributed by atoms with Crippen molar-refractivity contribution in [1.29, 1.82) is 0 Å². The van der Waals surface area contributed by atoms with Crippen LogP contribution < -0.4 is 5.32 Å². The van der Waals surface area contributed by atoms with Gasteiger partial charge in [-0.05, 0) is 51.2 Å². The van der Waals surface area contributed by atoms with Gasteiger partial charge < -0.3 is 9.84 Å². The van der Waals surface area contributed by atoms with Crippen molar-refractivity contribution < 1.29 is 4.52 Å². The van der Waals surface area contributed by atoms with Gasteiger partial charge in [0.2, 0.25) is 0 Å². The molecule has 0 bridgehead atoms. The topological polar surface area (TPSA) is 54.2 Å². The molecule has 1 fully saturated rings. The highest BCUT2D eigenvalue weighted by atomic mass is 32.1. The third-order valence-electron chi connectivity index (χ3n) is 4.36. The molecule has 1 aliphatic carbocycles. The smallest absolute Gasteiger partial charge is 0.258 e. The Hall–Kier alpha value is -1.24. The predicted octanol–water partition coefficient (Wildman–Crippen LogP) is 2.76. The first-order chi connectivity index (χ1) is 10.3. The molecule has 0 radical (unpaired) electrons. The normalized spacial score (nSPS) is 22.8. The minimum Gasteiger partial charge on any atom is -0.334 e. The molecule has 0 atom stereocenters. The Labute approximate surface area is 129 Å². The van der Waals surface area contributed by atoms with Crippen molar-refractivity contribution >= 4 is 11.3 Å². The van der Waals surface area contributed by atoms with Gasteiger partial charge in [-0.25, -0.2) is 0 Å². The zero-order chi connectivity index (χ0) is 14.7. The summed E-state index contributed by atoms with van der Waals surface area (Å²) in [5, 5.41) is 11.5. The fraction of sp³-hybridized carbons (Fsp3) is 0.600. The highest BCUT2D eigenvalue weighted by Gasteiger charge is 2.24. The fourth-order valence-corrected chi connectivity index (χ4v) is 3.61. The maximum absolute atomic E-state index is 5.34. The molecule has 21 heavy (non-hydrogen) atoms. The Kier molecular flexibility index (Phi) is 4.67. The molecule has 5 nitrogen and oxygen atoms in total. The summed E-state index contributed by atoms with van der Waals surface area (Å²) in [6.07, 6.45) is 4.96. The minimum absolute atomic E-state index is 0.623. The zero-order valence-corrected chi connectivity index (χ0v) is 13.4. The van der Waals surface area contributed by atoms with Gasteiger partial charge in [0.05, 0.1) is 12.1 Å². The zero-order valence-electron chi connectivity index (χ0n) is 12.6. The summed E-state index contributed by atoms with van der Waals surface area (Å²) in [6.45, 7) is 0.753. The summed E-state index contributed by atoms with van der Waals surface area (Å²) in [6, 6.07) is 3.31. The first kappa shape index (κ1) is 14.7. The third kappa shape index (κ3) is 3.51. The van der Waals surface area contributed by atoms with Crippen LogP contribution >= 0.6 is 11.3 Å². The van der Waals surface area contributed by atoms with Gasteiger partial charge in [-0.2, -0.15) is 16.3 Å². The van der Waals surface area contributed by atoms with Crippen LogP contribution in [0.15, 0.2) is 21.3 Å². The number of aromatic nitrogens is 2. The van der Waals surface area contributed by atoms with E-state index in [1.807, 2.05) is 16.8 Å². The molecule has 0 unspecified atom stereocenters. The quantitative estimate of drug-likeness (QED) is 0.920. The van der Waals surface area contributed by atoms with Gasteiger partial charge in [-0.1, -0.05) is 5.16 Å². The SMILES string of the molecule is CNC1CCC(N(C)Cc2noc(-c3ccsc3)n2)CC1. The van der Waals surface area contributed by atoms with Gasteiger partial charge in [0.25, 0.3) is 5.89 Å². The molecule has 1 N–H and O–H groups in total. The Balaban J connectivity index is 1.57. The van der Waals surface area contributed by atoms with Crippen LogP contribution in [0.3, 0.4) is 0 Å². The van der Waals surface area contributed by atoms with Crippen molar-refractivity contribution in [2.45, 2.75) is 44.3 Å². The first-order valence-corrected chi connectivity index (χ1v) is 8.43. The van der Waals surface area contributed by atoms with E-state index >= 15 is 0 Å². The van der Waals surface area contributed by atoms with Crippen LogP contribution in [-0.2, 0) is 6.54 Å². The number of hydrogen-bond donors (Lipinski definition) is 1. The molecular weight excluding hydrogens is 284 g/mol. The first-order valence-electron chi connectivity index (χ1n) is 7.49. The molecule has 0 aromatic carbocycles. The van der Waals surface area contributed by atoms with Crippen LogP contribution in [0.1, 0.15) is 31.5 Å². The summed E-state index contributed by atoms with van der Waals surface area (Å²) in [5.74, 6) is 1.40. The second kappa shape index (κ2) is 6.68. The maximum Gasteiger partial charge on any atom is 0.258 e. The van der Waals surface area contributed by atoms with E-state index in [2.05, 4.69) is 34.5 Å². The average molecular weight is 306 g/mol. The second-order valence-electron chi connectivity index (χ2n) is 5.74. The standard InChI is InChI=1S/C15H22N4OS/c1-16-12-3-5-13(6-4-12)19(2)9-14-17-15(20-18-14)11-7-8-21-10-11/h7-8,10,12-13,16H,3-6,9H2,1-2H3. The van der Waals surface area contributed by atoms with Crippen LogP contribution in [0.5, 0.6) is 0 Å². The number of hydrogen-bond acceptors (Lipinski definition) is 6. The number of nitrogens with one attached hydrogen (secondary N) is 1.